The number of benzene rings is 1. The zero-order valence-electron chi connectivity index (χ0n) is 15.1. The summed E-state index contributed by atoms with van der Waals surface area (Å²) in [5.74, 6) is 0.409. The average Bonchev–Trinajstić information content (AvgIpc) is 3.07. The summed E-state index contributed by atoms with van der Waals surface area (Å²) in [6, 6.07) is 2.95. The van der Waals surface area contributed by atoms with Crippen LogP contribution in [0, 0.1) is 0 Å². The summed E-state index contributed by atoms with van der Waals surface area (Å²) < 4.78 is 15.8. The predicted octanol–water partition coefficient (Wildman–Crippen LogP) is 1.30. The number of hydrogen-bond acceptors (Lipinski definition) is 6. The van der Waals surface area contributed by atoms with E-state index in [1.54, 1.807) is 17.0 Å². The third-order valence-corrected chi connectivity index (χ3v) is 4.21. The summed E-state index contributed by atoms with van der Waals surface area (Å²) in [5.41, 5.74) is 0.791. The fraction of sp³-hybridized carbons (Fsp3) is 0.529. The number of likely N-dealkylation sites (tertiary alicyclic amines) is 1. The topological polar surface area (TPSA) is 97.3 Å². The molecule has 2 N–H and O–H groups in total. The van der Waals surface area contributed by atoms with Crippen LogP contribution >= 0.6 is 12.4 Å². The molecule has 0 aliphatic carbocycles. The van der Waals surface area contributed by atoms with Gasteiger partial charge in [-0.15, -0.1) is 12.4 Å². The monoisotopic (exact) mass is 388 g/mol. The van der Waals surface area contributed by atoms with Crippen LogP contribution < -0.4 is 19.5 Å². The molecule has 0 saturated carbocycles. The fourth-order valence-electron chi connectivity index (χ4n) is 2.97. The van der Waals surface area contributed by atoms with Crippen molar-refractivity contribution in [1.82, 2.24) is 10.2 Å². The van der Waals surface area contributed by atoms with Crippen molar-refractivity contribution >= 4 is 24.3 Å². The number of methoxy groups -OCH3 is 3. The van der Waals surface area contributed by atoms with Crippen LogP contribution in [0.1, 0.15) is 18.4 Å². The Bertz CT molecular complexity index is 615. The van der Waals surface area contributed by atoms with Crippen LogP contribution in [0.3, 0.4) is 0 Å². The molecule has 1 aliphatic heterocycles. The minimum atomic E-state index is -0.880. The van der Waals surface area contributed by atoms with Crippen molar-refractivity contribution in [3.8, 4) is 17.2 Å². The van der Waals surface area contributed by atoms with Gasteiger partial charge in [0.15, 0.2) is 11.5 Å². The molecule has 0 bridgehead atoms. The molecule has 0 aromatic heterocycles. The number of carbonyl (C=O) groups is 2. The number of carboxylic acid groups (broad SMARTS) is 1. The molecule has 0 spiro atoms. The number of halogens is 1. The van der Waals surface area contributed by atoms with Crippen molar-refractivity contribution < 1.29 is 28.9 Å². The van der Waals surface area contributed by atoms with E-state index in [1.807, 2.05) is 0 Å². The molecule has 1 heterocycles. The van der Waals surface area contributed by atoms with E-state index in [9.17, 15) is 9.59 Å². The molecule has 1 saturated heterocycles. The highest BCUT2D eigenvalue weighted by Gasteiger charge is 2.31. The van der Waals surface area contributed by atoms with Gasteiger partial charge in [-0.1, -0.05) is 0 Å². The smallest absolute Gasteiger partial charge is 0.320 e. The largest absolute Gasteiger partial charge is 0.493 e. The maximum Gasteiger partial charge on any atom is 0.320 e. The first kappa shape index (κ1) is 21.9. The van der Waals surface area contributed by atoms with Crippen molar-refractivity contribution in [2.24, 2.45) is 0 Å². The van der Waals surface area contributed by atoms with Crippen LogP contribution in [0.15, 0.2) is 12.1 Å². The highest BCUT2D eigenvalue weighted by Crippen LogP contribution is 2.38. The van der Waals surface area contributed by atoms with E-state index in [1.165, 1.54) is 21.3 Å². The van der Waals surface area contributed by atoms with Gasteiger partial charge in [0, 0.05) is 6.54 Å². The molecular formula is C17H25ClN2O6. The third kappa shape index (κ3) is 5.15. The molecule has 8 nitrogen and oxygen atoms in total. The van der Waals surface area contributed by atoms with Gasteiger partial charge < -0.3 is 24.6 Å². The summed E-state index contributed by atoms with van der Waals surface area (Å²) >= 11 is 0. The Morgan fingerprint density at radius 1 is 1.19 bits per heavy atom. The van der Waals surface area contributed by atoms with Crippen LogP contribution in [0.4, 0.5) is 0 Å². The van der Waals surface area contributed by atoms with Gasteiger partial charge in [-0.05, 0) is 37.1 Å². The van der Waals surface area contributed by atoms with Gasteiger partial charge in [0.1, 0.15) is 6.04 Å². The van der Waals surface area contributed by atoms with Crippen molar-refractivity contribution in [2.45, 2.75) is 25.4 Å². The summed E-state index contributed by atoms with van der Waals surface area (Å²) in [6.45, 7) is 0.969. The molecule has 1 fully saturated rings. The lowest BCUT2D eigenvalue weighted by atomic mass is 10.1. The standard InChI is InChI=1S/C17H24N2O6.ClH/c1-23-13-7-11(8-14(24-2)16(13)25-3)9-18-15(20)10-19-6-4-5-12(19)17(21)22;/h7-8,12H,4-6,9-10H2,1-3H3,(H,18,20)(H,21,22);1H. The second-order valence-corrected chi connectivity index (χ2v) is 5.78. The molecule has 1 unspecified atom stereocenters. The Kier molecular flexibility index (Phi) is 8.47. The van der Waals surface area contributed by atoms with E-state index in [0.717, 1.165) is 12.0 Å². The number of amides is 1. The Morgan fingerprint density at radius 3 is 2.31 bits per heavy atom. The minimum absolute atomic E-state index is 0. The number of aliphatic carboxylic acids is 1. The van der Waals surface area contributed by atoms with E-state index in [2.05, 4.69) is 5.32 Å². The lowest BCUT2D eigenvalue weighted by Crippen LogP contribution is -2.42. The van der Waals surface area contributed by atoms with E-state index in [-0.39, 0.29) is 31.4 Å². The molecule has 0 radical (unpaired) electrons. The first-order valence-corrected chi connectivity index (χ1v) is 8.02. The van der Waals surface area contributed by atoms with E-state index in [0.29, 0.717) is 30.2 Å². The van der Waals surface area contributed by atoms with Crippen LogP contribution in [-0.4, -0.2) is 62.3 Å². The minimum Gasteiger partial charge on any atom is -0.493 e. The number of ether oxygens (including phenoxy) is 3. The fourth-order valence-corrected chi connectivity index (χ4v) is 2.97. The SMILES string of the molecule is COc1cc(CNC(=O)CN2CCCC2C(=O)O)cc(OC)c1OC.Cl. The Hall–Kier alpha value is -2.19. The molecule has 1 aliphatic rings. The van der Waals surface area contributed by atoms with Crippen molar-refractivity contribution in [3.63, 3.8) is 0 Å². The number of nitrogens with zero attached hydrogens (tertiary/aromatic N) is 1. The predicted molar refractivity (Wildman–Crippen MR) is 97.4 cm³/mol. The van der Waals surface area contributed by atoms with Gasteiger partial charge in [0.25, 0.3) is 0 Å². The molecule has 1 atom stereocenters. The third-order valence-electron chi connectivity index (χ3n) is 4.21. The summed E-state index contributed by atoms with van der Waals surface area (Å²) in [5, 5.41) is 12.0. The summed E-state index contributed by atoms with van der Waals surface area (Å²) in [7, 11) is 4.58. The van der Waals surface area contributed by atoms with Crippen molar-refractivity contribution in [2.75, 3.05) is 34.4 Å². The van der Waals surface area contributed by atoms with Gasteiger partial charge in [-0.25, -0.2) is 0 Å². The highest BCUT2D eigenvalue weighted by atomic mass is 35.5. The second kappa shape index (κ2) is 10.1. The second-order valence-electron chi connectivity index (χ2n) is 5.78. The van der Waals surface area contributed by atoms with Gasteiger partial charge >= 0.3 is 5.97 Å². The normalized spacial score (nSPS) is 16.5. The molecular weight excluding hydrogens is 364 g/mol. The average molecular weight is 389 g/mol. The number of nitrogens with one attached hydrogen (secondary N) is 1. The van der Waals surface area contributed by atoms with Gasteiger partial charge in [-0.3, -0.25) is 14.5 Å². The molecule has 1 aromatic rings. The lowest BCUT2D eigenvalue weighted by Gasteiger charge is -2.20. The van der Waals surface area contributed by atoms with Crippen molar-refractivity contribution in [3.05, 3.63) is 17.7 Å². The number of carboxylic acids is 1. The summed E-state index contributed by atoms with van der Waals surface area (Å²) in [4.78, 5) is 25.0. The van der Waals surface area contributed by atoms with Crippen LogP contribution in [0.2, 0.25) is 0 Å². The first-order valence-electron chi connectivity index (χ1n) is 8.02. The Morgan fingerprint density at radius 2 is 1.81 bits per heavy atom. The Balaban J connectivity index is 0.00000338. The molecule has 2 rings (SSSR count). The molecule has 1 amide bonds. The number of carbonyl (C=O) groups excluding carboxylic acids is 1. The van der Waals surface area contributed by atoms with Gasteiger partial charge in [0.2, 0.25) is 11.7 Å². The van der Waals surface area contributed by atoms with Crippen LogP contribution in [-0.2, 0) is 16.1 Å². The number of hydrogen-bond donors (Lipinski definition) is 2. The van der Waals surface area contributed by atoms with Crippen LogP contribution in [0.25, 0.3) is 0 Å². The zero-order chi connectivity index (χ0) is 18.4. The Labute approximate surface area is 158 Å². The molecule has 26 heavy (non-hydrogen) atoms. The molecule has 146 valence electrons. The van der Waals surface area contributed by atoms with Gasteiger partial charge in [-0.2, -0.15) is 0 Å². The molecule has 9 heteroatoms. The maximum atomic E-state index is 12.1. The summed E-state index contributed by atoms with van der Waals surface area (Å²) in [6.07, 6.45) is 1.37. The van der Waals surface area contributed by atoms with E-state index < -0.39 is 12.0 Å². The lowest BCUT2D eigenvalue weighted by molar-refractivity contribution is -0.142. The maximum absolute atomic E-state index is 12.1. The molecule has 1 aromatic carbocycles. The zero-order valence-corrected chi connectivity index (χ0v) is 15.9. The van der Waals surface area contributed by atoms with Gasteiger partial charge in [0.05, 0.1) is 27.9 Å². The first-order chi connectivity index (χ1) is 12.0. The highest BCUT2D eigenvalue weighted by molar-refractivity contribution is 5.85. The van der Waals surface area contributed by atoms with E-state index in [4.69, 9.17) is 19.3 Å². The number of rotatable bonds is 8. The quantitative estimate of drug-likeness (QED) is 0.692. The van der Waals surface area contributed by atoms with E-state index >= 15 is 0 Å². The van der Waals surface area contributed by atoms with Crippen molar-refractivity contribution in [1.29, 1.82) is 0 Å². The van der Waals surface area contributed by atoms with Crippen LogP contribution in [0.5, 0.6) is 17.2 Å².